The molecule has 0 aliphatic rings. The van der Waals surface area contributed by atoms with Gasteiger partial charge in [0, 0.05) is 44.1 Å². The highest BCUT2D eigenvalue weighted by Crippen LogP contribution is 2.11. The minimum absolute atomic E-state index is 0.139. The van der Waals surface area contributed by atoms with Crippen molar-refractivity contribution in [2.24, 2.45) is 7.05 Å². The first-order valence-electron chi connectivity index (χ1n) is 7.88. The maximum Gasteiger partial charge on any atom is 0.315 e. The average molecular weight is 340 g/mol. The first kappa shape index (κ1) is 16.7. The molecule has 0 bridgehead atoms. The van der Waals surface area contributed by atoms with Gasteiger partial charge in [0.25, 0.3) is 0 Å². The molecule has 25 heavy (non-hydrogen) atoms. The summed E-state index contributed by atoms with van der Waals surface area (Å²) < 4.78 is 3.61. The highest BCUT2D eigenvalue weighted by Gasteiger charge is 2.11. The van der Waals surface area contributed by atoms with E-state index in [4.69, 9.17) is 0 Å². The summed E-state index contributed by atoms with van der Waals surface area (Å²) in [4.78, 5) is 20.2. The van der Waals surface area contributed by atoms with E-state index < -0.39 is 6.10 Å². The number of carbonyl (C=O) groups excluding carboxylic acids is 1. The molecule has 130 valence electrons. The van der Waals surface area contributed by atoms with Gasteiger partial charge in [-0.25, -0.2) is 14.8 Å². The van der Waals surface area contributed by atoms with Gasteiger partial charge in [0.15, 0.2) is 0 Å². The Balaban J connectivity index is 1.49. The fourth-order valence-corrected chi connectivity index (χ4v) is 2.47. The second-order valence-electron chi connectivity index (χ2n) is 5.62. The van der Waals surface area contributed by atoms with E-state index in [2.05, 4.69) is 20.6 Å². The van der Waals surface area contributed by atoms with Gasteiger partial charge in [0.1, 0.15) is 18.2 Å². The number of rotatable bonds is 6. The number of amides is 2. The Hall–Kier alpha value is -3.13. The molecule has 1 atom stereocenters. The number of imidazole rings is 1. The Morgan fingerprint density at radius 3 is 2.88 bits per heavy atom. The number of nitrogens with zero attached hydrogens (tertiary/aromatic N) is 4. The number of hydrogen-bond donors (Lipinski definition) is 3. The number of carbonyl (C=O) groups is 1. The predicted molar refractivity (Wildman–Crippen MR) is 92.0 cm³/mol. The minimum atomic E-state index is -0.750. The van der Waals surface area contributed by atoms with Gasteiger partial charge in [0.2, 0.25) is 0 Å². The van der Waals surface area contributed by atoms with E-state index in [1.165, 1.54) is 0 Å². The molecule has 8 heteroatoms. The maximum absolute atomic E-state index is 11.9. The molecule has 0 spiro atoms. The van der Waals surface area contributed by atoms with Gasteiger partial charge in [-0.2, -0.15) is 0 Å². The summed E-state index contributed by atoms with van der Waals surface area (Å²) in [6.45, 7) is 0.497. The summed E-state index contributed by atoms with van der Waals surface area (Å²) >= 11 is 0. The van der Waals surface area contributed by atoms with Crippen molar-refractivity contribution in [2.45, 2.75) is 12.6 Å². The molecule has 0 fully saturated rings. The average Bonchev–Trinajstić information content (AvgIpc) is 3.30. The molecule has 0 radical (unpaired) electrons. The van der Waals surface area contributed by atoms with Crippen LogP contribution in [0.25, 0.3) is 5.82 Å². The second kappa shape index (κ2) is 7.63. The molecular formula is C17H20N6O2. The molecule has 1 unspecified atom stereocenters. The van der Waals surface area contributed by atoms with Crippen LogP contribution in [0.3, 0.4) is 0 Å². The van der Waals surface area contributed by atoms with E-state index in [0.29, 0.717) is 6.54 Å². The highest BCUT2D eigenvalue weighted by atomic mass is 16.3. The normalized spacial score (nSPS) is 11.9. The number of pyridine rings is 1. The first-order chi connectivity index (χ1) is 12.1. The molecule has 8 nitrogen and oxygen atoms in total. The van der Waals surface area contributed by atoms with Crippen LogP contribution in [0.5, 0.6) is 0 Å². The Morgan fingerprint density at radius 1 is 1.28 bits per heavy atom. The van der Waals surface area contributed by atoms with Crippen molar-refractivity contribution in [1.82, 2.24) is 29.7 Å². The molecule has 2 amide bonds. The largest absolute Gasteiger partial charge is 0.385 e. The SMILES string of the molecule is Cn1cccc1C(O)CNC(=O)NCc1ccnc(-n2ccnc2)c1. The van der Waals surface area contributed by atoms with Gasteiger partial charge in [-0.05, 0) is 29.8 Å². The smallest absolute Gasteiger partial charge is 0.315 e. The number of aromatic nitrogens is 4. The molecule has 3 heterocycles. The monoisotopic (exact) mass is 340 g/mol. The molecule has 0 saturated heterocycles. The van der Waals surface area contributed by atoms with Crippen molar-refractivity contribution in [3.8, 4) is 5.82 Å². The van der Waals surface area contributed by atoms with Gasteiger partial charge in [-0.15, -0.1) is 0 Å². The molecular weight excluding hydrogens is 320 g/mol. The molecule has 0 aliphatic heterocycles. The fourth-order valence-electron chi connectivity index (χ4n) is 2.47. The van der Waals surface area contributed by atoms with Crippen LogP contribution in [-0.2, 0) is 13.6 Å². The van der Waals surface area contributed by atoms with Crippen LogP contribution in [0, 0.1) is 0 Å². The Labute approximate surface area is 145 Å². The molecule has 3 rings (SSSR count). The summed E-state index contributed by atoms with van der Waals surface area (Å²) in [6, 6.07) is 7.04. The zero-order valence-corrected chi connectivity index (χ0v) is 13.8. The van der Waals surface area contributed by atoms with Gasteiger partial charge in [0.05, 0.1) is 6.54 Å². The number of hydrogen-bond acceptors (Lipinski definition) is 4. The van der Waals surface area contributed by atoms with Crippen molar-refractivity contribution in [1.29, 1.82) is 0 Å². The summed E-state index contributed by atoms with van der Waals surface area (Å²) in [7, 11) is 1.85. The molecule has 0 aromatic carbocycles. The number of nitrogens with one attached hydrogen (secondary N) is 2. The van der Waals surface area contributed by atoms with Crippen LogP contribution in [0.15, 0.2) is 55.4 Å². The number of urea groups is 1. The zero-order valence-electron chi connectivity index (χ0n) is 13.8. The quantitative estimate of drug-likeness (QED) is 0.627. The standard InChI is InChI=1S/C17H20N6O2/c1-22-7-2-3-14(22)15(24)11-21-17(25)20-10-13-4-5-19-16(9-13)23-8-6-18-12-23/h2-9,12,15,24H,10-11H2,1H3,(H2,20,21,25). The van der Waals surface area contributed by atoms with Crippen LogP contribution in [0.4, 0.5) is 4.79 Å². The lowest BCUT2D eigenvalue weighted by molar-refractivity contribution is 0.166. The third kappa shape index (κ3) is 4.24. The van der Waals surface area contributed by atoms with Gasteiger partial charge in [-0.3, -0.25) is 4.57 Å². The summed E-state index contributed by atoms with van der Waals surface area (Å²) in [5, 5.41) is 15.5. The van der Waals surface area contributed by atoms with E-state index in [0.717, 1.165) is 17.1 Å². The van der Waals surface area contributed by atoms with Crippen molar-refractivity contribution >= 4 is 6.03 Å². The molecule has 3 N–H and O–H groups in total. The lowest BCUT2D eigenvalue weighted by Crippen LogP contribution is -2.37. The minimum Gasteiger partial charge on any atom is -0.385 e. The zero-order chi connectivity index (χ0) is 17.6. The van der Waals surface area contributed by atoms with Crippen LogP contribution in [0.1, 0.15) is 17.4 Å². The van der Waals surface area contributed by atoms with Crippen molar-refractivity contribution in [3.05, 3.63) is 66.6 Å². The molecule has 3 aromatic heterocycles. The summed E-state index contributed by atoms with van der Waals surface area (Å²) in [5.74, 6) is 0.733. The van der Waals surface area contributed by atoms with E-state index >= 15 is 0 Å². The number of aliphatic hydroxyl groups is 1. The van der Waals surface area contributed by atoms with Crippen LogP contribution < -0.4 is 10.6 Å². The summed E-state index contributed by atoms with van der Waals surface area (Å²) in [6.07, 6.45) is 7.93. The van der Waals surface area contributed by atoms with E-state index in [-0.39, 0.29) is 12.6 Å². The Morgan fingerprint density at radius 2 is 2.16 bits per heavy atom. The van der Waals surface area contributed by atoms with Crippen molar-refractivity contribution < 1.29 is 9.90 Å². The molecule has 0 saturated carbocycles. The van der Waals surface area contributed by atoms with Crippen LogP contribution in [0.2, 0.25) is 0 Å². The van der Waals surface area contributed by atoms with E-state index in [1.807, 2.05) is 42.1 Å². The maximum atomic E-state index is 11.9. The second-order valence-corrected chi connectivity index (χ2v) is 5.62. The lowest BCUT2D eigenvalue weighted by atomic mass is 10.2. The van der Waals surface area contributed by atoms with Gasteiger partial charge >= 0.3 is 6.03 Å². The van der Waals surface area contributed by atoms with Gasteiger partial charge in [-0.1, -0.05) is 0 Å². The first-order valence-corrected chi connectivity index (χ1v) is 7.88. The predicted octanol–water partition coefficient (Wildman–Crippen LogP) is 1.14. The summed E-state index contributed by atoms with van der Waals surface area (Å²) in [5.41, 5.74) is 1.66. The fraction of sp³-hybridized carbons (Fsp3) is 0.235. The van der Waals surface area contributed by atoms with Crippen LogP contribution in [-0.4, -0.2) is 36.8 Å². The third-order valence-electron chi connectivity index (χ3n) is 3.81. The van der Waals surface area contributed by atoms with E-state index in [9.17, 15) is 9.90 Å². The van der Waals surface area contributed by atoms with Crippen LogP contribution >= 0.6 is 0 Å². The number of aryl methyl sites for hydroxylation is 1. The molecule has 0 aliphatic carbocycles. The van der Waals surface area contributed by atoms with Crippen molar-refractivity contribution in [3.63, 3.8) is 0 Å². The Kier molecular flexibility index (Phi) is 5.10. The van der Waals surface area contributed by atoms with E-state index in [1.54, 1.807) is 29.5 Å². The third-order valence-corrected chi connectivity index (χ3v) is 3.81. The lowest BCUT2D eigenvalue weighted by Gasteiger charge is -2.14. The van der Waals surface area contributed by atoms with Gasteiger partial charge < -0.3 is 20.3 Å². The Bertz CT molecular complexity index is 827. The topological polar surface area (TPSA) is 97.0 Å². The van der Waals surface area contributed by atoms with Crippen molar-refractivity contribution in [2.75, 3.05) is 6.54 Å². The highest BCUT2D eigenvalue weighted by molar-refractivity contribution is 5.73. The molecule has 3 aromatic rings. The number of aliphatic hydroxyl groups excluding tert-OH is 1.